The molecule has 0 aromatic heterocycles. The largest absolute Gasteiger partial charge is 0.352 e. The average Bonchev–Trinajstić information content (AvgIpc) is 2.43. The molecule has 1 aliphatic rings. The fourth-order valence-electron chi connectivity index (χ4n) is 2.73. The third-order valence-corrected chi connectivity index (χ3v) is 5.30. The Labute approximate surface area is 126 Å². The van der Waals surface area contributed by atoms with Crippen LogP contribution in [-0.4, -0.2) is 17.7 Å². The van der Waals surface area contributed by atoms with E-state index in [9.17, 15) is 4.79 Å². The molecule has 1 fully saturated rings. The number of hydrogen-bond donors (Lipinski definition) is 1. The Bertz CT molecular complexity index is 472. The summed E-state index contributed by atoms with van der Waals surface area (Å²) in [5.74, 6) is 1.32. The minimum atomic E-state index is 0.173. The second kappa shape index (κ2) is 7.16. The number of amides is 1. The van der Waals surface area contributed by atoms with Gasteiger partial charge in [-0.25, -0.2) is 0 Å². The standard InChI is InChI=1S/C17H25NOS/c1-12-8-9-15(10-14(12)3)20-11-17(19)18-16-7-5-4-6-13(16)2/h8-10,13,16H,4-7,11H2,1-3H3,(H,18,19)/t13-,16+/m1/s1. The van der Waals surface area contributed by atoms with E-state index < -0.39 is 0 Å². The number of aryl methyl sites for hydroxylation is 2. The highest BCUT2D eigenvalue weighted by Crippen LogP contribution is 2.24. The van der Waals surface area contributed by atoms with Crippen molar-refractivity contribution in [3.8, 4) is 0 Å². The van der Waals surface area contributed by atoms with Crippen molar-refractivity contribution >= 4 is 17.7 Å². The second-order valence-corrected chi connectivity index (χ2v) is 7.02. The van der Waals surface area contributed by atoms with E-state index in [1.165, 1.54) is 35.3 Å². The highest BCUT2D eigenvalue weighted by molar-refractivity contribution is 8.00. The van der Waals surface area contributed by atoms with E-state index >= 15 is 0 Å². The average molecular weight is 291 g/mol. The van der Waals surface area contributed by atoms with Crippen molar-refractivity contribution in [2.45, 2.75) is 57.4 Å². The van der Waals surface area contributed by atoms with E-state index in [0.717, 1.165) is 6.42 Å². The Hall–Kier alpha value is -0.960. The Morgan fingerprint density at radius 3 is 2.70 bits per heavy atom. The lowest BCUT2D eigenvalue weighted by atomic mass is 9.86. The highest BCUT2D eigenvalue weighted by Gasteiger charge is 2.22. The molecule has 1 saturated carbocycles. The van der Waals surface area contributed by atoms with Crippen LogP contribution in [0.5, 0.6) is 0 Å². The van der Waals surface area contributed by atoms with Crippen molar-refractivity contribution in [2.24, 2.45) is 5.92 Å². The summed E-state index contributed by atoms with van der Waals surface area (Å²) >= 11 is 1.63. The Kier molecular flexibility index (Phi) is 5.53. The van der Waals surface area contributed by atoms with Gasteiger partial charge in [0.15, 0.2) is 0 Å². The molecule has 0 bridgehead atoms. The first-order valence-corrected chi connectivity index (χ1v) is 8.54. The van der Waals surface area contributed by atoms with E-state index in [-0.39, 0.29) is 5.91 Å². The first kappa shape index (κ1) is 15.4. The second-order valence-electron chi connectivity index (χ2n) is 5.97. The van der Waals surface area contributed by atoms with Gasteiger partial charge in [0.2, 0.25) is 5.91 Å². The zero-order valence-electron chi connectivity index (χ0n) is 12.7. The summed E-state index contributed by atoms with van der Waals surface area (Å²) in [6, 6.07) is 6.77. The lowest BCUT2D eigenvalue weighted by molar-refractivity contribution is -0.119. The van der Waals surface area contributed by atoms with Crippen molar-refractivity contribution in [2.75, 3.05) is 5.75 Å². The van der Waals surface area contributed by atoms with Gasteiger partial charge < -0.3 is 5.32 Å². The van der Waals surface area contributed by atoms with Crippen LogP contribution in [0.1, 0.15) is 43.7 Å². The summed E-state index contributed by atoms with van der Waals surface area (Å²) in [4.78, 5) is 13.2. The number of carbonyl (C=O) groups excluding carboxylic acids is 1. The molecule has 3 heteroatoms. The van der Waals surface area contributed by atoms with Gasteiger partial charge in [-0.15, -0.1) is 11.8 Å². The zero-order chi connectivity index (χ0) is 14.5. The van der Waals surface area contributed by atoms with Gasteiger partial charge in [-0.1, -0.05) is 25.8 Å². The molecule has 0 unspecified atom stereocenters. The molecule has 0 aliphatic heterocycles. The molecule has 20 heavy (non-hydrogen) atoms. The van der Waals surface area contributed by atoms with Gasteiger partial charge in [-0.2, -0.15) is 0 Å². The quantitative estimate of drug-likeness (QED) is 0.847. The number of hydrogen-bond acceptors (Lipinski definition) is 2. The van der Waals surface area contributed by atoms with Crippen molar-refractivity contribution in [3.63, 3.8) is 0 Å². The number of nitrogens with one attached hydrogen (secondary N) is 1. The molecule has 0 saturated heterocycles. The number of thioether (sulfide) groups is 1. The third-order valence-electron chi connectivity index (χ3n) is 4.31. The van der Waals surface area contributed by atoms with Crippen molar-refractivity contribution < 1.29 is 4.79 Å². The molecular weight excluding hydrogens is 266 g/mol. The monoisotopic (exact) mass is 291 g/mol. The molecule has 110 valence electrons. The lowest BCUT2D eigenvalue weighted by Gasteiger charge is -2.29. The summed E-state index contributed by atoms with van der Waals surface area (Å²) in [5, 5.41) is 3.21. The first-order chi connectivity index (χ1) is 9.56. The topological polar surface area (TPSA) is 29.1 Å². The predicted octanol–water partition coefficient (Wildman–Crippen LogP) is 4.09. The molecule has 2 rings (SSSR count). The van der Waals surface area contributed by atoms with Crippen LogP contribution in [0, 0.1) is 19.8 Å². The van der Waals surface area contributed by atoms with Crippen LogP contribution in [0.3, 0.4) is 0 Å². The molecule has 1 amide bonds. The molecule has 0 heterocycles. The fraction of sp³-hybridized carbons (Fsp3) is 0.588. The molecule has 0 spiro atoms. The Balaban J connectivity index is 1.81. The van der Waals surface area contributed by atoms with Gasteiger partial charge in [0.1, 0.15) is 0 Å². The number of rotatable bonds is 4. The molecule has 1 N–H and O–H groups in total. The van der Waals surface area contributed by atoms with E-state index in [4.69, 9.17) is 0 Å². The van der Waals surface area contributed by atoms with E-state index in [1.54, 1.807) is 11.8 Å². The van der Waals surface area contributed by atoms with Crippen LogP contribution in [0.15, 0.2) is 23.1 Å². The molecular formula is C17H25NOS. The molecule has 1 aromatic carbocycles. The maximum Gasteiger partial charge on any atom is 0.230 e. The third kappa shape index (κ3) is 4.27. The van der Waals surface area contributed by atoms with Gasteiger partial charge in [-0.05, 0) is 55.9 Å². The molecule has 2 nitrogen and oxygen atoms in total. The summed E-state index contributed by atoms with van der Waals surface area (Å²) in [6.45, 7) is 6.48. The summed E-state index contributed by atoms with van der Waals surface area (Å²) < 4.78 is 0. The van der Waals surface area contributed by atoms with Crippen LogP contribution in [-0.2, 0) is 4.79 Å². The van der Waals surface area contributed by atoms with E-state index in [1.807, 2.05) is 0 Å². The predicted molar refractivity (Wildman–Crippen MR) is 86.2 cm³/mol. The molecule has 0 radical (unpaired) electrons. The normalized spacial score (nSPS) is 22.6. The minimum absolute atomic E-state index is 0.173. The van der Waals surface area contributed by atoms with Gasteiger partial charge >= 0.3 is 0 Å². The first-order valence-electron chi connectivity index (χ1n) is 7.55. The van der Waals surface area contributed by atoms with E-state index in [0.29, 0.717) is 17.7 Å². The highest BCUT2D eigenvalue weighted by atomic mass is 32.2. The molecule has 1 aromatic rings. The number of carbonyl (C=O) groups is 1. The number of benzene rings is 1. The van der Waals surface area contributed by atoms with Crippen LogP contribution in [0.25, 0.3) is 0 Å². The minimum Gasteiger partial charge on any atom is -0.352 e. The molecule has 1 aliphatic carbocycles. The Morgan fingerprint density at radius 2 is 2.00 bits per heavy atom. The smallest absolute Gasteiger partial charge is 0.230 e. The van der Waals surface area contributed by atoms with Gasteiger partial charge in [0.25, 0.3) is 0 Å². The van der Waals surface area contributed by atoms with Gasteiger partial charge in [-0.3, -0.25) is 4.79 Å². The van der Waals surface area contributed by atoms with Crippen LogP contribution in [0.2, 0.25) is 0 Å². The van der Waals surface area contributed by atoms with Crippen LogP contribution in [0.4, 0.5) is 0 Å². The SMILES string of the molecule is Cc1ccc(SCC(=O)N[C@H]2CCCC[C@H]2C)cc1C. The maximum absolute atomic E-state index is 12.1. The summed E-state index contributed by atoms with van der Waals surface area (Å²) in [5.41, 5.74) is 2.59. The fourth-order valence-corrected chi connectivity index (χ4v) is 3.54. The van der Waals surface area contributed by atoms with Gasteiger partial charge in [0, 0.05) is 10.9 Å². The maximum atomic E-state index is 12.1. The van der Waals surface area contributed by atoms with Crippen LogP contribution >= 0.6 is 11.8 Å². The van der Waals surface area contributed by atoms with Crippen molar-refractivity contribution in [1.82, 2.24) is 5.32 Å². The zero-order valence-corrected chi connectivity index (χ0v) is 13.6. The van der Waals surface area contributed by atoms with Crippen molar-refractivity contribution in [1.29, 1.82) is 0 Å². The van der Waals surface area contributed by atoms with Crippen molar-refractivity contribution in [3.05, 3.63) is 29.3 Å². The lowest BCUT2D eigenvalue weighted by Crippen LogP contribution is -2.41. The Morgan fingerprint density at radius 1 is 1.25 bits per heavy atom. The van der Waals surface area contributed by atoms with Crippen LogP contribution < -0.4 is 5.32 Å². The van der Waals surface area contributed by atoms with E-state index in [2.05, 4.69) is 44.3 Å². The molecule has 2 atom stereocenters. The van der Waals surface area contributed by atoms with Gasteiger partial charge in [0.05, 0.1) is 5.75 Å². The summed E-state index contributed by atoms with van der Waals surface area (Å²) in [7, 11) is 0. The summed E-state index contributed by atoms with van der Waals surface area (Å²) in [6.07, 6.45) is 4.95.